The van der Waals surface area contributed by atoms with E-state index in [1.54, 1.807) is 5.57 Å². The van der Waals surface area contributed by atoms with E-state index in [1.165, 1.54) is 30.4 Å². The number of aliphatic hydroxyl groups excluding tert-OH is 2. The maximum absolute atomic E-state index is 11.2. The molecule has 4 aliphatic rings. The van der Waals surface area contributed by atoms with Crippen molar-refractivity contribution < 1.29 is 10.2 Å². The Morgan fingerprint density at radius 2 is 1.73 bits per heavy atom. The lowest BCUT2D eigenvalue weighted by molar-refractivity contribution is 0.0807. The summed E-state index contributed by atoms with van der Waals surface area (Å²) >= 11 is 0. The van der Waals surface area contributed by atoms with Crippen LogP contribution in [0.5, 0.6) is 0 Å². The van der Waals surface area contributed by atoms with E-state index in [4.69, 9.17) is 0 Å². The van der Waals surface area contributed by atoms with Crippen molar-refractivity contribution in [2.24, 2.45) is 40.4 Å². The highest BCUT2D eigenvalue weighted by molar-refractivity contribution is 5.46. The monoisotopic (exact) mass is 412 g/mol. The highest BCUT2D eigenvalue weighted by Crippen LogP contribution is 2.64. The van der Waals surface area contributed by atoms with E-state index in [0.717, 1.165) is 25.7 Å². The molecule has 2 N–H and O–H groups in total. The van der Waals surface area contributed by atoms with Gasteiger partial charge in [-0.2, -0.15) is 0 Å². The van der Waals surface area contributed by atoms with Gasteiger partial charge in [-0.3, -0.25) is 0 Å². The van der Waals surface area contributed by atoms with Gasteiger partial charge in [0, 0.05) is 5.41 Å². The third kappa shape index (κ3) is 3.47. The second-order valence-corrected chi connectivity index (χ2v) is 11.9. The second kappa shape index (κ2) is 7.93. The molecular formula is C28H44O2. The van der Waals surface area contributed by atoms with Crippen molar-refractivity contribution in [3.63, 3.8) is 0 Å². The first-order chi connectivity index (χ1) is 14.1. The molecule has 168 valence electrons. The predicted molar refractivity (Wildman–Crippen MR) is 125 cm³/mol. The summed E-state index contributed by atoms with van der Waals surface area (Å²) in [4.78, 5) is 0. The molecule has 0 aliphatic heterocycles. The van der Waals surface area contributed by atoms with Crippen molar-refractivity contribution in [1.82, 2.24) is 0 Å². The van der Waals surface area contributed by atoms with E-state index in [1.807, 2.05) is 0 Å². The van der Waals surface area contributed by atoms with Crippen molar-refractivity contribution in [2.45, 2.75) is 98.7 Å². The average Bonchev–Trinajstić information content (AvgIpc) is 3.04. The Labute approximate surface area is 184 Å². The maximum atomic E-state index is 11.2. The zero-order valence-electron chi connectivity index (χ0n) is 20.1. The molecule has 0 radical (unpaired) electrons. The highest BCUT2D eigenvalue weighted by atomic mass is 16.3. The fourth-order valence-electron chi connectivity index (χ4n) is 7.51. The SMILES string of the molecule is CC(C)[C@@H](C)/C=C/[C@@H](C)[C@H]1CC[C@H]2C3=C(CC[C@]12C)[C@@]1(C)CC[C@H](O)CC1=CC3O. The van der Waals surface area contributed by atoms with Crippen LogP contribution in [-0.2, 0) is 0 Å². The van der Waals surface area contributed by atoms with Crippen molar-refractivity contribution >= 4 is 0 Å². The summed E-state index contributed by atoms with van der Waals surface area (Å²) in [6, 6.07) is 0. The zero-order valence-corrected chi connectivity index (χ0v) is 20.1. The van der Waals surface area contributed by atoms with E-state index in [2.05, 4.69) is 59.8 Å². The van der Waals surface area contributed by atoms with Crippen LogP contribution in [0.3, 0.4) is 0 Å². The molecule has 30 heavy (non-hydrogen) atoms. The van der Waals surface area contributed by atoms with Gasteiger partial charge in [0.25, 0.3) is 0 Å². The van der Waals surface area contributed by atoms with E-state index < -0.39 is 6.10 Å². The molecule has 2 fully saturated rings. The molecule has 1 unspecified atom stereocenters. The van der Waals surface area contributed by atoms with Gasteiger partial charge in [-0.1, -0.05) is 70.9 Å². The molecule has 0 aromatic rings. The lowest BCUT2D eigenvalue weighted by Crippen LogP contribution is -2.45. The Morgan fingerprint density at radius 3 is 2.43 bits per heavy atom. The van der Waals surface area contributed by atoms with Crippen LogP contribution in [0.25, 0.3) is 0 Å². The molecule has 4 aliphatic carbocycles. The quantitative estimate of drug-likeness (QED) is 0.521. The molecule has 0 amide bonds. The largest absolute Gasteiger partial charge is 0.393 e. The van der Waals surface area contributed by atoms with E-state index in [0.29, 0.717) is 35.0 Å². The van der Waals surface area contributed by atoms with Gasteiger partial charge >= 0.3 is 0 Å². The Balaban J connectivity index is 1.61. The average molecular weight is 413 g/mol. The molecule has 2 saturated carbocycles. The van der Waals surface area contributed by atoms with Gasteiger partial charge in [0.2, 0.25) is 0 Å². The lowest BCUT2D eigenvalue weighted by atomic mass is 9.53. The van der Waals surface area contributed by atoms with Gasteiger partial charge in [-0.25, -0.2) is 0 Å². The third-order valence-electron chi connectivity index (χ3n) is 9.94. The lowest BCUT2D eigenvalue weighted by Gasteiger charge is -2.53. The molecule has 0 heterocycles. The van der Waals surface area contributed by atoms with Crippen LogP contribution < -0.4 is 0 Å². The number of rotatable bonds is 4. The first-order valence-electron chi connectivity index (χ1n) is 12.6. The number of hydrogen-bond donors (Lipinski definition) is 2. The van der Waals surface area contributed by atoms with E-state index in [-0.39, 0.29) is 11.5 Å². The minimum Gasteiger partial charge on any atom is -0.393 e. The molecule has 4 rings (SSSR count). The first-order valence-corrected chi connectivity index (χ1v) is 12.6. The number of aliphatic hydroxyl groups is 2. The van der Waals surface area contributed by atoms with E-state index in [9.17, 15) is 10.2 Å². The molecule has 0 aromatic carbocycles. The maximum Gasteiger partial charge on any atom is 0.0940 e. The van der Waals surface area contributed by atoms with Crippen LogP contribution >= 0.6 is 0 Å². The minimum atomic E-state index is -0.441. The Bertz CT molecular complexity index is 759. The summed E-state index contributed by atoms with van der Waals surface area (Å²) in [5.74, 6) is 3.13. The topological polar surface area (TPSA) is 40.5 Å². The molecular weight excluding hydrogens is 368 g/mol. The summed E-state index contributed by atoms with van der Waals surface area (Å²) in [6.45, 7) is 14.3. The van der Waals surface area contributed by atoms with Crippen molar-refractivity contribution in [1.29, 1.82) is 0 Å². The highest BCUT2D eigenvalue weighted by Gasteiger charge is 2.55. The zero-order chi connectivity index (χ0) is 21.8. The summed E-state index contributed by atoms with van der Waals surface area (Å²) in [7, 11) is 0. The standard InChI is InChI=1S/C28H44O2/c1-17(2)18(3)7-8-19(4)22-9-10-23-26-24(12-14-28(22,23)6)27(5)13-11-21(29)15-20(27)16-25(26)30/h7-8,16-19,21-23,25,29-30H,9-15H2,1-6H3/b8-7+/t18-,19+,21-,22+,23-,25?,27-,28+/m0/s1. The fourth-order valence-corrected chi connectivity index (χ4v) is 7.51. The van der Waals surface area contributed by atoms with Crippen LogP contribution in [-0.4, -0.2) is 22.4 Å². The summed E-state index contributed by atoms with van der Waals surface area (Å²) in [5, 5.41) is 21.4. The summed E-state index contributed by atoms with van der Waals surface area (Å²) < 4.78 is 0. The van der Waals surface area contributed by atoms with Crippen molar-refractivity contribution in [3.8, 4) is 0 Å². The second-order valence-electron chi connectivity index (χ2n) is 11.9. The van der Waals surface area contributed by atoms with Crippen molar-refractivity contribution in [2.75, 3.05) is 0 Å². The van der Waals surface area contributed by atoms with Crippen LogP contribution in [0.1, 0.15) is 86.5 Å². The van der Waals surface area contributed by atoms with Crippen LogP contribution in [0, 0.1) is 40.4 Å². The summed E-state index contributed by atoms with van der Waals surface area (Å²) in [6.07, 6.45) is 13.9. The van der Waals surface area contributed by atoms with E-state index >= 15 is 0 Å². The predicted octanol–water partition coefficient (Wildman–Crippen LogP) is 6.45. The Hall–Kier alpha value is -0.860. The smallest absolute Gasteiger partial charge is 0.0940 e. The van der Waals surface area contributed by atoms with Crippen molar-refractivity contribution in [3.05, 3.63) is 34.9 Å². The molecule has 0 aromatic heterocycles. The Kier molecular flexibility index (Phi) is 5.90. The Morgan fingerprint density at radius 1 is 1.00 bits per heavy atom. The fraction of sp³-hybridized carbons (Fsp3) is 0.786. The van der Waals surface area contributed by atoms with Gasteiger partial charge < -0.3 is 10.2 Å². The van der Waals surface area contributed by atoms with Crippen LogP contribution in [0.15, 0.2) is 34.9 Å². The molecule has 8 atom stereocenters. The van der Waals surface area contributed by atoms with Gasteiger partial charge in [-0.15, -0.1) is 0 Å². The van der Waals surface area contributed by atoms with Gasteiger partial charge in [0.15, 0.2) is 0 Å². The molecule has 0 saturated heterocycles. The van der Waals surface area contributed by atoms with Gasteiger partial charge in [0.1, 0.15) is 0 Å². The van der Waals surface area contributed by atoms with Gasteiger partial charge in [-0.05, 0) is 85.5 Å². The molecule has 2 nitrogen and oxygen atoms in total. The van der Waals surface area contributed by atoms with Crippen LogP contribution in [0.4, 0.5) is 0 Å². The molecule has 0 spiro atoms. The third-order valence-corrected chi connectivity index (χ3v) is 9.94. The normalized spacial score (nSPS) is 43.3. The number of allylic oxidation sites excluding steroid dienone is 3. The first kappa shape index (κ1) is 22.3. The number of fused-ring (bicyclic) bond motifs is 4. The number of hydrogen-bond acceptors (Lipinski definition) is 2. The van der Waals surface area contributed by atoms with Gasteiger partial charge in [0.05, 0.1) is 12.2 Å². The molecule has 2 heteroatoms. The minimum absolute atomic E-state index is 0.0748. The summed E-state index contributed by atoms with van der Waals surface area (Å²) in [5.41, 5.74) is 4.58. The molecule has 0 bridgehead atoms. The van der Waals surface area contributed by atoms with Crippen LogP contribution in [0.2, 0.25) is 0 Å².